The summed E-state index contributed by atoms with van der Waals surface area (Å²) in [5, 5.41) is 0. The van der Waals surface area contributed by atoms with Crippen molar-refractivity contribution >= 4 is 0 Å². The van der Waals surface area contributed by atoms with E-state index >= 15 is 0 Å². The molecule has 0 nitrogen and oxygen atoms in total. The molecule has 0 amide bonds. The monoisotopic (exact) mass is 272 g/mol. The third-order valence-corrected chi connectivity index (χ3v) is 5.57. The van der Waals surface area contributed by atoms with Crippen molar-refractivity contribution in [2.24, 2.45) is 17.8 Å². The van der Waals surface area contributed by atoms with Crippen LogP contribution >= 0.6 is 0 Å². The summed E-state index contributed by atoms with van der Waals surface area (Å²) in [6.07, 6.45) is 12.9. The van der Waals surface area contributed by atoms with E-state index in [2.05, 4.69) is 46.8 Å². The van der Waals surface area contributed by atoms with Crippen LogP contribution in [0.4, 0.5) is 0 Å². The van der Waals surface area contributed by atoms with Gasteiger partial charge in [0, 0.05) is 5.92 Å². The molecule has 0 spiro atoms. The van der Waals surface area contributed by atoms with Gasteiger partial charge in [-0.05, 0) is 78.1 Å². The second-order valence-electron chi connectivity index (χ2n) is 7.38. The van der Waals surface area contributed by atoms with Crippen molar-refractivity contribution in [2.75, 3.05) is 0 Å². The first-order chi connectivity index (χ1) is 9.49. The fourth-order valence-corrected chi connectivity index (χ4v) is 4.00. The van der Waals surface area contributed by atoms with Crippen LogP contribution in [0, 0.1) is 17.8 Å². The lowest BCUT2D eigenvalue weighted by molar-refractivity contribution is 0.288. The highest BCUT2D eigenvalue weighted by atomic mass is 14.4. The summed E-state index contributed by atoms with van der Waals surface area (Å²) in [6, 6.07) is 0. The Morgan fingerprint density at radius 1 is 1.35 bits per heavy atom. The van der Waals surface area contributed by atoms with E-state index in [0.717, 1.165) is 17.8 Å². The highest BCUT2D eigenvalue weighted by molar-refractivity contribution is 5.34. The second-order valence-corrected chi connectivity index (χ2v) is 7.38. The zero-order valence-electron chi connectivity index (χ0n) is 14.1. The summed E-state index contributed by atoms with van der Waals surface area (Å²) in [7, 11) is 0. The van der Waals surface area contributed by atoms with Crippen molar-refractivity contribution in [3.05, 3.63) is 34.4 Å². The Morgan fingerprint density at radius 2 is 2.10 bits per heavy atom. The van der Waals surface area contributed by atoms with Gasteiger partial charge in [-0.2, -0.15) is 0 Å². The zero-order valence-corrected chi connectivity index (χ0v) is 14.1. The van der Waals surface area contributed by atoms with E-state index in [0.29, 0.717) is 0 Å². The van der Waals surface area contributed by atoms with Gasteiger partial charge in [0.2, 0.25) is 0 Å². The molecule has 0 bridgehead atoms. The average Bonchev–Trinajstić information content (AvgIpc) is 2.65. The summed E-state index contributed by atoms with van der Waals surface area (Å²) >= 11 is 0. The fraction of sp³-hybridized carbons (Fsp3) is 0.700. The van der Waals surface area contributed by atoms with E-state index in [1.165, 1.54) is 44.1 Å². The van der Waals surface area contributed by atoms with Crippen LogP contribution in [-0.4, -0.2) is 0 Å². The molecule has 112 valence electrons. The van der Waals surface area contributed by atoms with Crippen molar-refractivity contribution in [1.29, 1.82) is 0 Å². The van der Waals surface area contributed by atoms with Gasteiger partial charge in [-0.15, -0.1) is 0 Å². The molecular formula is C20H32. The average molecular weight is 272 g/mol. The molecule has 3 atom stereocenters. The van der Waals surface area contributed by atoms with Gasteiger partial charge in [-0.3, -0.25) is 0 Å². The molecule has 0 aromatic carbocycles. The second kappa shape index (κ2) is 6.78. The molecule has 0 aromatic heterocycles. The Morgan fingerprint density at radius 3 is 2.80 bits per heavy atom. The molecule has 2 rings (SSSR count). The Hall–Kier alpha value is -0.780. The summed E-state index contributed by atoms with van der Waals surface area (Å²) in [5.74, 6) is 2.57. The first-order valence-corrected chi connectivity index (χ1v) is 8.47. The SMILES string of the molecule is CC(C)=CCC[C@@H](C)[C@@H]1CCC(C)=C2CC=C(C)[C@H]2C1. The molecule has 0 heteroatoms. The lowest BCUT2D eigenvalue weighted by Gasteiger charge is -2.25. The minimum absolute atomic E-state index is 0.786. The van der Waals surface area contributed by atoms with E-state index in [9.17, 15) is 0 Å². The van der Waals surface area contributed by atoms with E-state index in [1.54, 1.807) is 16.7 Å². The third-order valence-electron chi connectivity index (χ3n) is 5.57. The summed E-state index contributed by atoms with van der Waals surface area (Å²) in [5.41, 5.74) is 6.57. The minimum atomic E-state index is 0.786. The number of allylic oxidation sites excluding steroid dienone is 6. The van der Waals surface area contributed by atoms with Gasteiger partial charge < -0.3 is 0 Å². The maximum atomic E-state index is 2.48. The Labute approximate surface area is 126 Å². The van der Waals surface area contributed by atoms with E-state index in [-0.39, 0.29) is 0 Å². The summed E-state index contributed by atoms with van der Waals surface area (Å²) in [4.78, 5) is 0. The molecule has 0 saturated carbocycles. The van der Waals surface area contributed by atoms with Gasteiger partial charge in [0.15, 0.2) is 0 Å². The molecule has 0 unspecified atom stereocenters. The molecule has 0 radical (unpaired) electrons. The molecule has 2 aliphatic rings. The number of rotatable bonds is 4. The minimum Gasteiger partial charge on any atom is -0.0859 e. The Kier molecular flexibility index (Phi) is 5.29. The molecular weight excluding hydrogens is 240 g/mol. The number of fused-ring (bicyclic) bond motifs is 1. The molecule has 0 saturated heterocycles. The lowest BCUT2D eigenvalue weighted by Crippen LogP contribution is -2.15. The van der Waals surface area contributed by atoms with Gasteiger partial charge >= 0.3 is 0 Å². The van der Waals surface area contributed by atoms with Crippen LogP contribution in [0.5, 0.6) is 0 Å². The topological polar surface area (TPSA) is 0 Å². The van der Waals surface area contributed by atoms with Crippen molar-refractivity contribution in [2.45, 2.75) is 73.1 Å². The quantitative estimate of drug-likeness (QED) is 0.516. The summed E-state index contributed by atoms with van der Waals surface area (Å²) < 4.78 is 0. The van der Waals surface area contributed by atoms with Crippen LogP contribution in [0.25, 0.3) is 0 Å². The van der Waals surface area contributed by atoms with Crippen LogP contribution in [0.3, 0.4) is 0 Å². The van der Waals surface area contributed by atoms with Crippen molar-refractivity contribution in [1.82, 2.24) is 0 Å². The van der Waals surface area contributed by atoms with Gasteiger partial charge in [-0.1, -0.05) is 41.4 Å². The van der Waals surface area contributed by atoms with Crippen molar-refractivity contribution in [3.63, 3.8) is 0 Å². The van der Waals surface area contributed by atoms with E-state index < -0.39 is 0 Å². The summed E-state index contributed by atoms with van der Waals surface area (Å²) in [6.45, 7) is 11.6. The van der Waals surface area contributed by atoms with Gasteiger partial charge in [0.1, 0.15) is 0 Å². The van der Waals surface area contributed by atoms with E-state index in [4.69, 9.17) is 0 Å². The predicted molar refractivity (Wildman–Crippen MR) is 89.7 cm³/mol. The maximum absolute atomic E-state index is 2.48. The highest BCUT2D eigenvalue weighted by Crippen LogP contribution is 2.44. The lowest BCUT2D eigenvalue weighted by atomic mass is 9.79. The van der Waals surface area contributed by atoms with Gasteiger partial charge in [-0.25, -0.2) is 0 Å². The molecule has 0 aromatic rings. The molecule has 0 N–H and O–H groups in total. The molecule has 20 heavy (non-hydrogen) atoms. The zero-order chi connectivity index (χ0) is 14.7. The van der Waals surface area contributed by atoms with Crippen LogP contribution in [-0.2, 0) is 0 Å². The van der Waals surface area contributed by atoms with Crippen LogP contribution in [0.2, 0.25) is 0 Å². The normalized spacial score (nSPS) is 27.8. The fourth-order valence-electron chi connectivity index (χ4n) is 4.00. The molecule has 0 aliphatic heterocycles. The standard InChI is InChI=1S/C20H32/c1-14(2)7-6-8-15(3)18-11-9-16(4)19-12-10-17(5)20(19)13-18/h7,10,15,18,20H,6,8-9,11-13H2,1-5H3/t15-,18-,20-/m1/s1. The Bertz CT molecular complexity index is 429. The van der Waals surface area contributed by atoms with Crippen LogP contribution in [0.1, 0.15) is 73.1 Å². The first-order valence-electron chi connectivity index (χ1n) is 8.47. The number of hydrogen-bond acceptors (Lipinski definition) is 0. The highest BCUT2D eigenvalue weighted by Gasteiger charge is 2.30. The van der Waals surface area contributed by atoms with E-state index in [1.807, 2.05) is 0 Å². The molecule has 0 heterocycles. The smallest absolute Gasteiger partial charge is 0.00127 e. The predicted octanol–water partition coefficient (Wildman–Crippen LogP) is 6.45. The largest absolute Gasteiger partial charge is 0.0859 e. The van der Waals surface area contributed by atoms with Crippen LogP contribution in [0.15, 0.2) is 34.4 Å². The number of hydrogen-bond donors (Lipinski definition) is 0. The molecule has 2 aliphatic carbocycles. The maximum Gasteiger partial charge on any atom is 0.00127 e. The van der Waals surface area contributed by atoms with Gasteiger partial charge in [0.05, 0.1) is 0 Å². The van der Waals surface area contributed by atoms with Crippen molar-refractivity contribution in [3.8, 4) is 0 Å². The third kappa shape index (κ3) is 3.65. The van der Waals surface area contributed by atoms with Crippen molar-refractivity contribution < 1.29 is 0 Å². The first kappa shape index (κ1) is 15.6. The van der Waals surface area contributed by atoms with Crippen LogP contribution < -0.4 is 0 Å². The van der Waals surface area contributed by atoms with Gasteiger partial charge in [0.25, 0.3) is 0 Å². The molecule has 0 fully saturated rings. The Balaban J connectivity index is 1.98.